The van der Waals surface area contributed by atoms with Crippen molar-refractivity contribution in [3.05, 3.63) is 23.8 Å². The quantitative estimate of drug-likeness (QED) is 0.767. The summed E-state index contributed by atoms with van der Waals surface area (Å²) < 4.78 is 32.0. The molecule has 0 aromatic heterocycles. The molecule has 2 amide bonds. The zero-order valence-corrected chi connectivity index (χ0v) is 15.1. The Morgan fingerprint density at radius 2 is 1.92 bits per heavy atom. The largest absolute Gasteiger partial charge is 0.453 e. The first-order chi connectivity index (χ1) is 11.8. The molecular formula is C16H21N3O5S. The van der Waals surface area contributed by atoms with Gasteiger partial charge < -0.3 is 14.5 Å². The van der Waals surface area contributed by atoms with Crippen LogP contribution >= 0.6 is 0 Å². The Balaban J connectivity index is 1.82. The Morgan fingerprint density at radius 1 is 1.16 bits per heavy atom. The average molecular weight is 367 g/mol. The molecule has 1 saturated heterocycles. The Kier molecular flexibility index (Phi) is 4.70. The van der Waals surface area contributed by atoms with E-state index in [9.17, 15) is 18.0 Å². The number of carbonyl (C=O) groups excluding carboxylic acids is 2. The molecule has 3 rings (SSSR count). The number of carbonyl (C=O) groups is 2. The highest BCUT2D eigenvalue weighted by molar-refractivity contribution is 7.89. The van der Waals surface area contributed by atoms with E-state index in [1.165, 1.54) is 27.3 Å². The molecule has 0 spiro atoms. The van der Waals surface area contributed by atoms with E-state index in [1.807, 2.05) is 0 Å². The van der Waals surface area contributed by atoms with Gasteiger partial charge in [0.2, 0.25) is 15.9 Å². The number of sulfonamides is 1. The summed E-state index contributed by atoms with van der Waals surface area (Å²) in [5, 5.41) is 0. The van der Waals surface area contributed by atoms with Crippen molar-refractivity contribution in [3.63, 3.8) is 0 Å². The molecule has 136 valence electrons. The van der Waals surface area contributed by atoms with Gasteiger partial charge in [-0.15, -0.1) is 0 Å². The van der Waals surface area contributed by atoms with E-state index in [-0.39, 0.29) is 30.3 Å². The minimum Gasteiger partial charge on any atom is -0.453 e. The van der Waals surface area contributed by atoms with Crippen LogP contribution in [0.25, 0.3) is 0 Å². The first-order valence-electron chi connectivity index (χ1n) is 8.07. The summed E-state index contributed by atoms with van der Waals surface area (Å²) in [4.78, 5) is 26.6. The van der Waals surface area contributed by atoms with E-state index < -0.39 is 16.1 Å². The molecule has 0 atom stereocenters. The van der Waals surface area contributed by atoms with Crippen molar-refractivity contribution in [3.8, 4) is 0 Å². The molecule has 0 radical (unpaired) electrons. The third-order valence-corrected chi connectivity index (χ3v) is 6.55. The number of anilines is 1. The molecular weight excluding hydrogens is 346 g/mol. The molecule has 9 heteroatoms. The number of fused-ring (bicyclic) bond motifs is 1. The van der Waals surface area contributed by atoms with Crippen molar-refractivity contribution < 1.29 is 22.7 Å². The van der Waals surface area contributed by atoms with Crippen LogP contribution in [0.15, 0.2) is 23.1 Å². The second kappa shape index (κ2) is 6.64. The van der Waals surface area contributed by atoms with Crippen LogP contribution in [0.4, 0.5) is 10.5 Å². The van der Waals surface area contributed by atoms with Gasteiger partial charge in [-0.25, -0.2) is 13.2 Å². The highest BCUT2D eigenvalue weighted by Crippen LogP contribution is 2.30. The molecule has 2 aliphatic rings. The number of rotatable bonds is 2. The monoisotopic (exact) mass is 367 g/mol. The molecule has 8 nitrogen and oxygen atoms in total. The molecule has 0 unspecified atom stereocenters. The van der Waals surface area contributed by atoms with E-state index in [2.05, 4.69) is 0 Å². The lowest BCUT2D eigenvalue weighted by molar-refractivity contribution is -0.117. The van der Waals surface area contributed by atoms with E-state index in [0.717, 1.165) is 11.3 Å². The number of benzene rings is 1. The topological polar surface area (TPSA) is 87.2 Å². The van der Waals surface area contributed by atoms with Crippen molar-refractivity contribution in [1.82, 2.24) is 9.21 Å². The van der Waals surface area contributed by atoms with Crippen molar-refractivity contribution >= 4 is 27.7 Å². The van der Waals surface area contributed by atoms with Crippen molar-refractivity contribution in [1.29, 1.82) is 0 Å². The van der Waals surface area contributed by atoms with Crippen LogP contribution in [0.2, 0.25) is 0 Å². The Labute approximate surface area is 147 Å². The van der Waals surface area contributed by atoms with Crippen molar-refractivity contribution in [2.24, 2.45) is 0 Å². The van der Waals surface area contributed by atoms with E-state index >= 15 is 0 Å². The van der Waals surface area contributed by atoms with Gasteiger partial charge in [0, 0.05) is 38.9 Å². The zero-order chi connectivity index (χ0) is 18.2. The van der Waals surface area contributed by atoms with Crippen LogP contribution in [0.3, 0.4) is 0 Å². The van der Waals surface area contributed by atoms with Crippen LogP contribution in [0.1, 0.15) is 12.0 Å². The van der Waals surface area contributed by atoms with E-state index in [4.69, 9.17) is 4.74 Å². The van der Waals surface area contributed by atoms with E-state index in [1.54, 1.807) is 19.2 Å². The first-order valence-corrected chi connectivity index (χ1v) is 9.51. The highest BCUT2D eigenvalue weighted by atomic mass is 32.2. The average Bonchev–Trinajstić information content (AvgIpc) is 2.79. The van der Waals surface area contributed by atoms with Gasteiger partial charge in [-0.1, -0.05) is 0 Å². The summed E-state index contributed by atoms with van der Waals surface area (Å²) in [6, 6.07) is 4.78. The number of methoxy groups -OCH3 is 1. The molecule has 0 aliphatic carbocycles. The lowest BCUT2D eigenvalue weighted by atomic mass is 10.2. The van der Waals surface area contributed by atoms with Gasteiger partial charge in [-0.3, -0.25) is 4.79 Å². The van der Waals surface area contributed by atoms with Crippen LogP contribution < -0.4 is 4.90 Å². The molecule has 0 N–H and O–H groups in total. The molecule has 2 heterocycles. The van der Waals surface area contributed by atoms with Gasteiger partial charge in [-0.2, -0.15) is 4.31 Å². The SMILES string of the molecule is COC(=O)N1CCCN(S(=O)(=O)c2ccc3c(c2)CC(=O)N3C)CC1. The summed E-state index contributed by atoms with van der Waals surface area (Å²) >= 11 is 0. The third-order valence-electron chi connectivity index (χ3n) is 4.65. The third kappa shape index (κ3) is 3.21. The summed E-state index contributed by atoms with van der Waals surface area (Å²) in [6.07, 6.45) is 0.310. The van der Waals surface area contributed by atoms with Gasteiger partial charge in [0.1, 0.15) is 0 Å². The Bertz CT molecular complexity index is 808. The molecule has 0 saturated carbocycles. The molecule has 1 fully saturated rings. The molecule has 25 heavy (non-hydrogen) atoms. The van der Waals surface area contributed by atoms with Gasteiger partial charge >= 0.3 is 6.09 Å². The fourth-order valence-electron chi connectivity index (χ4n) is 3.20. The lowest BCUT2D eigenvalue weighted by Gasteiger charge is -2.21. The predicted molar refractivity (Wildman–Crippen MR) is 90.9 cm³/mol. The summed E-state index contributed by atoms with van der Waals surface area (Å²) in [5.74, 6) is -0.0481. The van der Waals surface area contributed by atoms with Gasteiger partial charge in [0.05, 0.1) is 18.4 Å². The number of amides is 2. The number of ether oxygens (including phenoxy) is 1. The number of hydrogen-bond donors (Lipinski definition) is 0. The number of likely N-dealkylation sites (N-methyl/N-ethyl adjacent to an activating group) is 1. The Morgan fingerprint density at radius 3 is 2.64 bits per heavy atom. The van der Waals surface area contributed by atoms with Crippen molar-refractivity contribution in [2.45, 2.75) is 17.7 Å². The first kappa shape index (κ1) is 17.7. The summed E-state index contributed by atoms with van der Waals surface area (Å²) in [7, 11) is -0.684. The van der Waals surface area contributed by atoms with Crippen LogP contribution in [-0.4, -0.2) is 70.0 Å². The minimum absolute atomic E-state index is 0.0481. The Hall–Kier alpha value is -2.13. The van der Waals surface area contributed by atoms with Crippen molar-refractivity contribution in [2.75, 3.05) is 45.2 Å². The lowest BCUT2D eigenvalue weighted by Crippen LogP contribution is -2.37. The second-order valence-corrected chi connectivity index (χ2v) is 8.07. The zero-order valence-electron chi connectivity index (χ0n) is 14.3. The van der Waals surface area contributed by atoms with Crippen LogP contribution in [0.5, 0.6) is 0 Å². The number of hydrogen-bond acceptors (Lipinski definition) is 5. The maximum atomic E-state index is 12.9. The molecule has 0 bridgehead atoms. The molecule has 1 aromatic carbocycles. The second-order valence-electron chi connectivity index (χ2n) is 6.13. The fourth-order valence-corrected chi connectivity index (χ4v) is 4.72. The standard InChI is InChI=1S/C16H21N3O5S/c1-17-14-5-4-13(10-12(14)11-15(17)20)25(22,23)19-7-3-6-18(8-9-19)16(21)24-2/h4-5,10H,3,6-9,11H2,1-2H3. The van der Waals surface area contributed by atoms with Crippen LogP contribution in [0, 0.1) is 0 Å². The predicted octanol–water partition coefficient (Wildman–Crippen LogP) is 0.668. The smallest absolute Gasteiger partial charge is 0.409 e. The maximum Gasteiger partial charge on any atom is 0.409 e. The minimum atomic E-state index is -3.67. The molecule has 2 aliphatic heterocycles. The number of nitrogens with zero attached hydrogens (tertiary/aromatic N) is 3. The van der Waals surface area contributed by atoms with Gasteiger partial charge in [-0.05, 0) is 30.2 Å². The summed E-state index contributed by atoms with van der Waals surface area (Å²) in [5.41, 5.74) is 1.47. The van der Waals surface area contributed by atoms with Gasteiger partial charge in [0.15, 0.2) is 0 Å². The normalized spacial score (nSPS) is 18.9. The van der Waals surface area contributed by atoms with Crippen LogP contribution in [-0.2, 0) is 26.0 Å². The summed E-state index contributed by atoms with van der Waals surface area (Å²) in [6.45, 7) is 1.30. The molecule has 1 aromatic rings. The fraction of sp³-hybridized carbons (Fsp3) is 0.500. The van der Waals surface area contributed by atoms with Gasteiger partial charge in [0.25, 0.3) is 0 Å². The van der Waals surface area contributed by atoms with E-state index in [0.29, 0.717) is 19.5 Å². The maximum absolute atomic E-state index is 12.9. The highest BCUT2D eigenvalue weighted by Gasteiger charge is 2.31.